The minimum absolute atomic E-state index is 0.0269. The highest BCUT2D eigenvalue weighted by Gasteiger charge is 2.33. The smallest absolute Gasteiger partial charge is 0.257 e. The number of fused-ring (bicyclic) bond motifs is 1. The number of hydrogen-bond acceptors (Lipinski definition) is 4. The molecular formula is C22H20ClN3O2S. The molecule has 29 heavy (non-hydrogen) atoms. The highest BCUT2D eigenvalue weighted by atomic mass is 35.5. The Morgan fingerprint density at radius 1 is 1.14 bits per heavy atom. The van der Waals surface area contributed by atoms with Crippen molar-refractivity contribution in [3.05, 3.63) is 81.3 Å². The highest BCUT2D eigenvalue weighted by Crippen LogP contribution is 2.38. The Hall–Kier alpha value is -2.70. The molecule has 1 aliphatic rings. The van der Waals surface area contributed by atoms with Crippen LogP contribution in [0.15, 0.2) is 54.6 Å². The van der Waals surface area contributed by atoms with E-state index < -0.39 is 0 Å². The number of aromatic nitrogens is 1. The van der Waals surface area contributed by atoms with Gasteiger partial charge in [0.15, 0.2) is 5.13 Å². The van der Waals surface area contributed by atoms with E-state index in [2.05, 4.69) is 15.6 Å². The molecule has 3 aromatic rings. The maximum absolute atomic E-state index is 12.8. The van der Waals surface area contributed by atoms with Crippen LogP contribution in [0.4, 0.5) is 5.13 Å². The van der Waals surface area contributed by atoms with E-state index in [1.165, 1.54) is 11.3 Å². The van der Waals surface area contributed by atoms with Crippen molar-refractivity contribution in [2.24, 2.45) is 0 Å². The van der Waals surface area contributed by atoms with Crippen molar-refractivity contribution < 1.29 is 9.59 Å². The summed E-state index contributed by atoms with van der Waals surface area (Å²) in [6.07, 6.45) is 1.54. The standard InChI is InChI=1S/C22H20ClN3O2S/c1-13(14-5-3-2-4-6-14)24-21(28)17-11-12-18-19(17)25-22(29-18)26-20(27)15-7-9-16(23)10-8-15/h2-10,13,17H,11-12H2,1H3,(H,24,28)(H,25,26,27). The van der Waals surface area contributed by atoms with Crippen LogP contribution >= 0.6 is 22.9 Å². The van der Waals surface area contributed by atoms with Crippen LogP contribution < -0.4 is 10.6 Å². The zero-order valence-electron chi connectivity index (χ0n) is 15.8. The average Bonchev–Trinajstić information content (AvgIpc) is 3.29. The lowest BCUT2D eigenvalue weighted by Gasteiger charge is -2.17. The van der Waals surface area contributed by atoms with E-state index in [0.29, 0.717) is 15.7 Å². The molecule has 0 bridgehead atoms. The van der Waals surface area contributed by atoms with Gasteiger partial charge in [-0.25, -0.2) is 4.98 Å². The molecule has 4 rings (SSSR count). The van der Waals surface area contributed by atoms with Crippen molar-refractivity contribution in [3.8, 4) is 0 Å². The molecule has 0 saturated heterocycles. The molecule has 0 radical (unpaired) electrons. The van der Waals surface area contributed by atoms with Crippen LogP contribution in [0, 0.1) is 0 Å². The van der Waals surface area contributed by atoms with Crippen LogP contribution in [0.25, 0.3) is 0 Å². The Labute approximate surface area is 178 Å². The third-order valence-corrected chi connectivity index (χ3v) is 6.32. The van der Waals surface area contributed by atoms with Gasteiger partial charge in [-0.1, -0.05) is 41.9 Å². The summed E-state index contributed by atoms with van der Waals surface area (Å²) in [4.78, 5) is 30.8. The number of amides is 2. The number of benzene rings is 2. The molecule has 5 nitrogen and oxygen atoms in total. The first-order chi connectivity index (χ1) is 14.0. The maximum Gasteiger partial charge on any atom is 0.257 e. The van der Waals surface area contributed by atoms with Gasteiger partial charge in [0.2, 0.25) is 5.91 Å². The van der Waals surface area contributed by atoms with E-state index in [9.17, 15) is 9.59 Å². The van der Waals surface area contributed by atoms with Gasteiger partial charge in [-0.15, -0.1) is 11.3 Å². The fraction of sp³-hybridized carbons (Fsp3) is 0.227. The Balaban J connectivity index is 1.44. The van der Waals surface area contributed by atoms with E-state index in [1.807, 2.05) is 37.3 Å². The summed E-state index contributed by atoms with van der Waals surface area (Å²) >= 11 is 7.30. The largest absolute Gasteiger partial charge is 0.349 e. The maximum atomic E-state index is 12.8. The molecule has 2 atom stereocenters. The number of halogens is 1. The molecule has 2 amide bonds. The lowest BCUT2D eigenvalue weighted by Crippen LogP contribution is -2.31. The van der Waals surface area contributed by atoms with Crippen LogP contribution in [0.3, 0.4) is 0 Å². The fourth-order valence-electron chi connectivity index (χ4n) is 3.45. The number of carbonyl (C=O) groups excluding carboxylic acids is 2. The molecule has 0 spiro atoms. The molecule has 1 aromatic heterocycles. The Kier molecular flexibility index (Phi) is 5.65. The van der Waals surface area contributed by atoms with Crippen LogP contribution in [0.2, 0.25) is 5.02 Å². The molecule has 2 aromatic carbocycles. The molecule has 1 heterocycles. The number of aryl methyl sites for hydroxylation is 1. The molecule has 2 N–H and O–H groups in total. The summed E-state index contributed by atoms with van der Waals surface area (Å²) in [5.41, 5.74) is 2.35. The van der Waals surface area contributed by atoms with Crippen molar-refractivity contribution in [1.82, 2.24) is 10.3 Å². The molecule has 0 saturated carbocycles. The second-order valence-corrected chi connectivity index (χ2v) is 8.54. The van der Waals surface area contributed by atoms with Gasteiger partial charge in [0, 0.05) is 15.5 Å². The van der Waals surface area contributed by atoms with Crippen molar-refractivity contribution in [1.29, 1.82) is 0 Å². The SMILES string of the molecule is CC(NC(=O)C1CCc2sc(NC(=O)c3ccc(Cl)cc3)nc21)c1ccccc1. The van der Waals surface area contributed by atoms with Crippen molar-refractivity contribution in [3.63, 3.8) is 0 Å². The zero-order chi connectivity index (χ0) is 20.4. The van der Waals surface area contributed by atoms with Gasteiger partial charge in [-0.3, -0.25) is 14.9 Å². The van der Waals surface area contributed by atoms with Crippen LogP contribution in [0.1, 0.15) is 51.8 Å². The van der Waals surface area contributed by atoms with Crippen LogP contribution in [0.5, 0.6) is 0 Å². The molecule has 1 aliphatic carbocycles. The zero-order valence-corrected chi connectivity index (χ0v) is 17.4. The minimum Gasteiger partial charge on any atom is -0.349 e. The van der Waals surface area contributed by atoms with E-state index in [-0.39, 0.29) is 23.8 Å². The van der Waals surface area contributed by atoms with Gasteiger partial charge in [0.1, 0.15) is 0 Å². The van der Waals surface area contributed by atoms with Crippen LogP contribution in [-0.2, 0) is 11.2 Å². The van der Waals surface area contributed by atoms with Gasteiger partial charge in [0.05, 0.1) is 17.7 Å². The first-order valence-corrected chi connectivity index (χ1v) is 10.6. The predicted molar refractivity (Wildman–Crippen MR) is 116 cm³/mol. The first-order valence-electron chi connectivity index (χ1n) is 9.43. The van der Waals surface area contributed by atoms with Gasteiger partial charge in [-0.2, -0.15) is 0 Å². The number of carbonyl (C=O) groups is 2. The Bertz CT molecular complexity index is 1030. The molecule has 7 heteroatoms. The normalized spacial score (nSPS) is 16.1. The molecular weight excluding hydrogens is 406 g/mol. The van der Waals surface area contributed by atoms with Crippen molar-refractivity contribution in [2.75, 3.05) is 5.32 Å². The number of thiazole rings is 1. The lowest BCUT2D eigenvalue weighted by molar-refractivity contribution is -0.123. The van der Waals surface area contributed by atoms with Crippen molar-refractivity contribution in [2.45, 2.75) is 31.7 Å². The third kappa shape index (κ3) is 4.33. The first kappa shape index (κ1) is 19.6. The van der Waals surface area contributed by atoms with Gasteiger partial charge in [0.25, 0.3) is 5.91 Å². The highest BCUT2D eigenvalue weighted by molar-refractivity contribution is 7.16. The fourth-order valence-corrected chi connectivity index (χ4v) is 4.60. The number of nitrogens with one attached hydrogen (secondary N) is 2. The van der Waals surface area contributed by atoms with E-state index in [0.717, 1.165) is 29.0 Å². The quantitative estimate of drug-likeness (QED) is 0.607. The summed E-state index contributed by atoms with van der Waals surface area (Å²) in [6, 6.07) is 16.5. The lowest BCUT2D eigenvalue weighted by atomic mass is 10.0. The number of nitrogens with zero attached hydrogens (tertiary/aromatic N) is 1. The summed E-state index contributed by atoms with van der Waals surface area (Å²) in [7, 11) is 0. The van der Waals surface area contributed by atoms with Gasteiger partial charge >= 0.3 is 0 Å². The molecule has 0 aliphatic heterocycles. The molecule has 0 fully saturated rings. The predicted octanol–water partition coefficient (Wildman–Crippen LogP) is 4.96. The Morgan fingerprint density at radius 3 is 2.59 bits per heavy atom. The third-order valence-electron chi connectivity index (χ3n) is 5.02. The minimum atomic E-state index is -0.284. The molecule has 2 unspecified atom stereocenters. The summed E-state index contributed by atoms with van der Waals surface area (Å²) in [6.45, 7) is 1.97. The summed E-state index contributed by atoms with van der Waals surface area (Å²) in [5.74, 6) is -0.553. The number of anilines is 1. The second-order valence-electron chi connectivity index (χ2n) is 7.02. The van der Waals surface area contributed by atoms with Crippen LogP contribution in [-0.4, -0.2) is 16.8 Å². The summed E-state index contributed by atoms with van der Waals surface area (Å²) in [5, 5.41) is 7.01. The summed E-state index contributed by atoms with van der Waals surface area (Å²) < 4.78 is 0. The van der Waals surface area contributed by atoms with Crippen molar-refractivity contribution >= 4 is 39.9 Å². The monoisotopic (exact) mass is 425 g/mol. The Morgan fingerprint density at radius 2 is 1.86 bits per heavy atom. The van der Waals surface area contributed by atoms with E-state index in [1.54, 1.807) is 24.3 Å². The van der Waals surface area contributed by atoms with Gasteiger partial charge in [-0.05, 0) is 49.6 Å². The number of hydrogen-bond donors (Lipinski definition) is 2. The topological polar surface area (TPSA) is 71.1 Å². The molecule has 148 valence electrons. The van der Waals surface area contributed by atoms with Gasteiger partial charge < -0.3 is 5.32 Å². The second kappa shape index (κ2) is 8.35. The van der Waals surface area contributed by atoms with E-state index in [4.69, 9.17) is 11.6 Å². The van der Waals surface area contributed by atoms with E-state index >= 15 is 0 Å². The average molecular weight is 426 g/mol. The number of rotatable bonds is 5.